The third kappa shape index (κ3) is 3.45. The van der Waals surface area contributed by atoms with Crippen LogP contribution in [0.3, 0.4) is 0 Å². The number of carbonyl (C=O) groups is 2. The maximum atomic E-state index is 12.5. The lowest BCUT2D eigenvalue weighted by Crippen LogP contribution is -2.15. The molecule has 0 radical (unpaired) electrons. The third-order valence-corrected chi connectivity index (χ3v) is 3.76. The highest BCUT2D eigenvalue weighted by molar-refractivity contribution is 7.14. The van der Waals surface area contributed by atoms with Crippen LogP contribution < -0.4 is 11.1 Å². The Bertz CT molecular complexity index is 738. The maximum Gasteiger partial charge on any atom is 0.417 e. The lowest BCUT2D eigenvalue weighted by atomic mass is 10.0. The first-order valence-electron chi connectivity index (χ1n) is 6.06. The van der Waals surface area contributed by atoms with Crippen LogP contribution in [-0.4, -0.2) is 11.8 Å². The monoisotopic (exact) mass is 328 g/mol. The number of nitrogens with two attached hydrogens (primary N) is 1. The molecule has 1 aromatic heterocycles. The van der Waals surface area contributed by atoms with Crippen LogP contribution in [0.15, 0.2) is 29.6 Å². The highest BCUT2D eigenvalue weighted by atomic mass is 32.1. The van der Waals surface area contributed by atoms with Crippen LogP contribution in [0.2, 0.25) is 0 Å². The van der Waals surface area contributed by atoms with Crippen molar-refractivity contribution in [2.75, 3.05) is 5.32 Å². The fourth-order valence-electron chi connectivity index (χ4n) is 1.80. The molecule has 0 atom stereocenters. The number of thiophene rings is 1. The number of halogens is 3. The van der Waals surface area contributed by atoms with Gasteiger partial charge in [-0.3, -0.25) is 9.59 Å². The molecule has 3 N–H and O–H groups in total. The molecule has 0 aliphatic heterocycles. The molecule has 8 heteroatoms. The minimum atomic E-state index is -4.45. The van der Waals surface area contributed by atoms with Crippen molar-refractivity contribution >= 4 is 28.2 Å². The quantitative estimate of drug-likeness (QED) is 0.906. The van der Waals surface area contributed by atoms with Crippen LogP contribution >= 0.6 is 11.3 Å². The van der Waals surface area contributed by atoms with Crippen LogP contribution in [-0.2, 0) is 6.18 Å². The Balaban J connectivity index is 2.19. The molecular weight excluding hydrogens is 317 g/mol. The molecule has 0 saturated carbocycles. The number of hydrogen-bond acceptors (Lipinski definition) is 3. The van der Waals surface area contributed by atoms with Crippen molar-refractivity contribution in [3.05, 3.63) is 51.9 Å². The van der Waals surface area contributed by atoms with Crippen molar-refractivity contribution < 1.29 is 22.8 Å². The SMILES string of the molecule is Cc1cc(C(N)=O)ccc1C(=O)Nc1cc(C(F)(F)F)cs1. The average Bonchev–Trinajstić information content (AvgIpc) is 2.86. The number of anilines is 1. The molecule has 2 rings (SSSR count). The Labute approximate surface area is 127 Å². The summed E-state index contributed by atoms with van der Waals surface area (Å²) in [6.07, 6.45) is -4.45. The van der Waals surface area contributed by atoms with Crippen LogP contribution in [0.4, 0.5) is 18.2 Å². The van der Waals surface area contributed by atoms with E-state index in [-0.39, 0.29) is 16.1 Å². The number of alkyl halides is 3. The Morgan fingerprint density at radius 2 is 1.91 bits per heavy atom. The zero-order valence-electron chi connectivity index (χ0n) is 11.3. The topological polar surface area (TPSA) is 72.2 Å². The normalized spacial score (nSPS) is 11.3. The van der Waals surface area contributed by atoms with Gasteiger partial charge in [-0.15, -0.1) is 11.3 Å². The second-order valence-corrected chi connectivity index (χ2v) is 5.46. The summed E-state index contributed by atoms with van der Waals surface area (Å²) < 4.78 is 37.5. The van der Waals surface area contributed by atoms with E-state index in [0.29, 0.717) is 5.56 Å². The van der Waals surface area contributed by atoms with E-state index < -0.39 is 23.6 Å². The van der Waals surface area contributed by atoms with Gasteiger partial charge in [-0.05, 0) is 36.8 Å². The fraction of sp³-hybridized carbons (Fsp3) is 0.143. The Kier molecular flexibility index (Phi) is 4.23. The zero-order valence-corrected chi connectivity index (χ0v) is 12.1. The second-order valence-electron chi connectivity index (χ2n) is 4.55. The summed E-state index contributed by atoms with van der Waals surface area (Å²) in [7, 11) is 0. The summed E-state index contributed by atoms with van der Waals surface area (Å²) in [5.41, 5.74) is 5.33. The number of hydrogen-bond donors (Lipinski definition) is 2. The fourth-order valence-corrected chi connectivity index (χ4v) is 2.60. The molecule has 0 aliphatic rings. The number of amides is 2. The van der Waals surface area contributed by atoms with E-state index in [1.54, 1.807) is 6.92 Å². The number of primary amides is 1. The summed E-state index contributed by atoms with van der Waals surface area (Å²) >= 11 is 0.787. The van der Waals surface area contributed by atoms with E-state index in [4.69, 9.17) is 5.73 Å². The minimum Gasteiger partial charge on any atom is -0.366 e. The van der Waals surface area contributed by atoms with Gasteiger partial charge in [-0.2, -0.15) is 13.2 Å². The summed E-state index contributed by atoms with van der Waals surface area (Å²) in [5, 5.41) is 3.43. The standard InChI is InChI=1S/C14H11F3N2O2S/c1-7-4-8(12(18)20)2-3-10(7)13(21)19-11-5-9(6-22-11)14(15,16)17/h2-6H,1H3,(H2,18,20)(H,19,21). The molecule has 0 saturated heterocycles. The molecule has 0 bridgehead atoms. The Morgan fingerprint density at radius 1 is 1.23 bits per heavy atom. The van der Waals surface area contributed by atoms with E-state index in [0.717, 1.165) is 22.8 Å². The third-order valence-electron chi connectivity index (χ3n) is 2.92. The lowest BCUT2D eigenvalue weighted by molar-refractivity contribution is -0.137. The van der Waals surface area contributed by atoms with E-state index in [9.17, 15) is 22.8 Å². The van der Waals surface area contributed by atoms with Crippen molar-refractivity contribution in [2.24, 2.45) is 5.73 Å². The number of aryl methyl sites for hydroxylation is 1. The first-order chi connectivity index (χ1) is 10.2. The predicted molar refractivity (Wildman–Crippen MR) is 77.0 cm³/mol. The van der Waals surface area contributed by atoms with Gasteiger partial charge < -0.3 is 11.1 Å². The number of rotatable bonds is 3. The molecule has 0 spiro atoms. The van der Waals surface area contributed by atoms with Gasteiger partial charge in [0.2, 0.25) is 5.91 Å². The van der Waals surface area contributed by atoms with Gasteiger partial charge in [0.05, 0.1) is 10.6 Å². The highest BCUT2D eigenvalue weighted by Gasteiger charge is 2.31. The smallest absolute Gasteiger partial charge is 0.366 e. The summed E-state index contributed by atoms with van der Waals surface area (Å²) in [4.78, 5) is 23.1. The van der Waals surface area contributed by atoms with E-state index in [1.807, 2.05) is 0 Å². The summed E-state index contributed by atoms with van der Waals surface area (Å²) in [6.45, 7) is 1.61. The highest BCUT2D eigenvalue weighted by Crippen LogP contribution is 2.34. The molecule has 0 unspecified atom stereocenters. The summed E-state index contributed by atoms with van der Waals surface area (Å²) in [5.74, 6) is -1.17. The van der Waals surface area contributed by atoms with Crippen LogP contribution in [0.25, 0.3) is 0 Å². The van der Waals surface area contributed by atoms with Crippen LogP contribution in [0.1, 0.15) is 31.8 Å². The zero-order chi connectivity index (χ0) is 16.5. The molecule has 22 heavy (non-hydrogen) atoms. The number of nitrogens with one attached hydrogen (secondary N) is 1. The molecule has 4 nitrogen and oxygen atoms in total. The molecule has 116 valence electrons. The van der Waals surface area contributed by atoms with Gasteiger partial charge in [-0.25, -0.2) is 0 Å². The van der Waals surface area contributed by atoms with Crippen LogP contribution in [0, 0.1) is 6.92 Å². The lowest BCUT2D eigenvalue weighted by Gasteiger charge is -2.07. The predicted octanol–water partition coefficient (Wildman–Crippen LogP) is 3.43. The van der Waals surface area contributed by atoms with Crippen molar-refractivity contribution in [1.82, 2.24) is 0 Å². The van der Waals surface area contributed by atoms with Gasteiger partial charge >= 0.3 is 6.18 Å². The van der Waals surface area contributed by atoms with Crippen molar-refractivity contribution in [3.63, 3.8) is 0 Å². The largest absolute Gasteiger partial charge is 0.417 e. The first kappa shape index (κ1) is 16.0. The second kappa shape index (κ2) is 5.80. The van der Waals surface area contributed by atoms with Gasteiger partial charge in [0.25, 0.3) is 5.91 Å². The molecular formula is C14H11F3N2O2S. The van der Waals surface area contributed by atoms with Gasteiger partial charge in [-0.1, -0.05) is 0 Å². The minimum absolute atomic E-state index is 0.0932. The van der Waals surface area contributed by atoms with E-state index >= 15 is 0 Å². The molecule has 1 heterocycles. The first-order valence-corrected chi connectivity index (χ1v) is 6.94. The van der Waals surface area contributed by atoms with Crippen molar-refractivity contribution in [1.29, 1.82) is 0 Å². The number of benzene rings is 1. The molecule has 0 fully saturated rings. The van der Waals surface area contributed by atoms with Gasteiger partial charge in [0.15, 0.2) is 0 Å². The molecule has 2 aromatic rings. The van der Waals surface area contributed by atoms with Crippen molar-refractivity contribution in [2.45, 2.75) is 13.1 Å². The van der Waals surface area contributed by atoms with Crippen LogP contribution in [0.5, 0.6) is 0 Å². The molecule has 2 amide bonds. The summed E-state index contributed by atoms with van der Waals surface area (Å²) in [6, 6.07) is 5.12. The number of carbonyl (C=O) groups excluding carboxylic acids is 2. The van der Waals surface area contributed by atoms with E-state index in [2.05, 4.69) is 5.32 Å². The maximum absolute atomic E-state index is 12.5. The Morgan fingerprint density at radius 3 is 2.41 bits per heavy atom. The Hall–Kier alpha value is -2.35. The van der Waals surface area contributed by atoms with E-state index in [1.165, 1.54) is 18.2 Å². The van der Waals surface area contributed by atoms with Gasteiger partial charge in [0.1, 0.15) is 0 Å². The molecule has 0 aliphatic carbocycles. The van der Waals surface area contributed by atoms with Gasteiger partial charge in [0, 0.05) is 16.5 Å². The average molecular weight is 328 g/mol. The molecule has 1 aromatic carbocycles. The van der Waals surface area contributed by atoms with Crippen molar-refractivity contribution in [3.8, 4) is 0 Å².